The van der Waals surface area contributed by atoms with Crippen LogP contribution >= 0.6 is 11.3 Å². The van der Waals surface area contributed by atoms with Gasteiger partial charge < -0.3 is 10.4 Å². The molecule has 0 saturated carbocycles. The number of benzene rings is 1. The zero-order chi connectivity index (χ0) is 17.6. The number of hydrogen-bond donors (Lipinski definition) is 2. The number of carboxylic acid groups (broad SMARTS) is 1. The zero-order valence-electron chi connectivity index (χ0n) is 13.8. The van der Waals surface area contributed by atoms with E-state index < -0.39 is 5.97 Å². The summed E-state index contributed by atoms with van der Waals surface area (Å²) in [5.41, 5.74) is 5.65. The van der Waals surface area contributed by atoms with Gasteiger partial charge in [-0.25, -0.2) is 19.7 Å². The van der Waals surface area contributed by atoms with Gasteiger partial charge in [0.2, 0.25) is 11.0 Å². The van der Waals surface area contributed by atoms with Crippen LogP contribution in [0.4, 0.5) is 11.6 Å². The Balaban J connectivity index is 1.72. The van der Waals surface area contributed by atoms with Gasteiger partial charge in [-0.05, 0) is 55.5 Å². The van der Waals surface area contributed by atoms with Gasteiger partial charge in [0, 0.05) is 16.8 Å². The van der Waals surface area contributed by atoms with Gasteiger partial charge in [-0.2, -0.15) is 0 Å². The number of aryl methyl sites for hydroxylation is 4. The van der Waals surface area contributed by atoms with Crippen molar-refractivity contribution in [2.75, 3.05) is 5.32 Å². The molecule has 0 unspecified atom stereocenters. The molecule has 126 valence electrons. The lowest BCUT2D eigenvalue weighted by molar-refractivity contribution is 0.0696. The van der Waals surface area contributed by atoms with Crippen molar-refractivity contribution in [3.63, 3.8) is 0 Å². The van der Waals surface area contributed by atoms with Crippen LogP contribution in [-0.4, -0.2) is 26.0 Å². The molecule has 0 amide bonds. The third kappa shape index (κ3) is 2.98. The lowest BCUT2D eigenvalue weighted by Gasteiger charge is -2.15. The van der Waals surface area contributed by atoms with Crippen molar-refractivity contribution >= 4 is 28.9 Å². The van der Waals surface area contributed by atoms with Gasteiger partial charge in [0.05, 0.1) is 5.69 Å². The Bertz CT molecular complexity index is 976. The summed E-state index contributed by atoms with van der Waals surface area (Å²) in [5, 5.41) is 12.5. The van der Waals surface area contributed by atoms with Crippen molar-refractivity contribution in [1.29, 1.82) is 0 Å². The highest BCUT2D eigenvalue weighted by Gasteiger charge is 2.25. The van der Waals surface area contributed by atoms with E-state index in [0.717, 1.165) is 45.8 Å². The number of carboxylic acids is 1. The fourth-order valence-electron chi connectivity index (χ4n) is 3.08. The molecule has 2 heterocycles. The molecule has 6 nitrogen and oxygen atoms in total. The van der Waals surface area contributed by atoms with Gasteiger partial charge in [-0.1, -0.05) is 6.07 Å². The van der Waals surface area contributed by atoms with E-state index >= 15 is 0 Å². The first kappa shape index (κ1) is 15.7. The van der Waals surface area contributed by atoms with E-state index in [0.29, 0.717) is 11.6 Å². The Kier molecular flexibility index (Phi) is 3.73. The van der Waals surface area contributed by atoms with E-state index in [1.807, 2.05) is 26.0 Å². The highest BCUT2D eigenvalue weighted by Crippen LogP contribution is 2.35. The van der Waals surface area contributed by atoms with Crippen LogP contribution < -0.4 is 5.32 Å². The van der Waals surface area contributed by atoms with Crippen molar-refractivity contribution in [2.24, 2.45) is 0 Å². The summed E-state index contributed by atoms with van der Waals surface area (Å²) < 4.78 is 0. The normalized spacial score (nSPS) is 12.4. The second-order valence-electron chi connectivity index (χ2n) is 6.16. The molecule has 0 fully saturated rings. The van der Waals surface area contributed by atoms with Crippen LogP contribution in [0.2, 0.25) is 0 Å². The van der Waals surface area contributed by atoms with Gasteiger partial charge >= 0.3 is 5.97 Å². The van der Waals surface area contributed by atoms with Crippen molar-refractivity contribution in [2.45, 2.75) is 26.7 Å². The fourth-order valence-corrected chi connectivity index (χ4v) is 3.98. The van der Waals surface area contributed by atoms with Crippen molar-refractivity contribution in [1.82, 2.24) is 15.0 Å². The molecule has 0 bridgehead atoms. The lowest BCUT2D eigenvalue weighted by Crippen LogP contribution is -2.08. The van der Waals surface area contributed by atoms with E-state index in [9.17, 15) is 9.90 Å². The molecule has 7 heteroatoms. The maximum absolute atomic E-state index is 11.2. The number of carbonyl (C=O) groups is 1. The second kappa shape index (κ2) is 5.93. The molecule has 25 heavy (non-hydrogen) atoms. The first-order valence-electron chi connectivity index (χ1n) is 7.94. The Morgan fingerprint density at radius 3 is 2.60 bits per heavy atom. The summed E-state index contributed by atoms with van der Waals surface area (Å²) in [7, 11) is 0. The number of nitrogens with one attached hydrogen (secondary N) is 1. The predicted octanol–water partition coefficient (Wildman–Crippen LogP) is 3.76. The number of aromatic nitrogens is 3. The summed E-state index contributed by atoms with van der Waals surface area (Å²) >= 11 is 1.23. The van der Waals surface area contributed by atoms with Crippen molar-refractivity contribution in [3.05, 3.63) is 51.0 Å². The van der Waals surface area contributed by atoms with Crippen LogP contribution in [-0.2, 0) is 12.8 Å². The zero-order valence-corrected chi connectivity index (χ0v) is 14.6. The molecule has 2 aromatic heterocycles. The van der Waals surface area contributed by atoms with Crippen LogP contribution in [0.15, 0.2) is 24.4 Å². The standard InChI is InChI=1S/C18H16N4O2S/c1-9-5-10(2)7-12(6-9)20-18-19-8-11-3-4-13-15(14(11)22-18)21-16(25-13)17(23)24/h5-8H,3-4H2,1-2H3,(H,23,24)(H,19,20,22). The smallest absolute Gasteiger partial charge is 0.365 e. The molecule has 0 atom stereocenters. The highest BCUT2D eigenvalue weighted by molar-refractivity contribution is 7.14. The fraction of sp³-hybridized carbons (Fsp3) is 0.222. The van der Waals surface area contributed by atoms with Crippen LogP contribution in [0.1, 0.15) is 31.4 Å². The number of anilines is 2. The number of rotatable bonds is 3. The van der Waals surface area contributed by atoms with Gasteiger partial charge in [0.25, 0.3) is 0 Å². The first-order valence-corrected chi connectivity index (χ1v) is 8.76. The van der Waals surface area contributed by atoms with Crippen molar-refractivity contribution in [3.8, 4) is 11.4 Å². The molecule has 0 saturated heterocycles. The summed E-state index contributed by atoms with van der Waals surface area (Å²) in [6.07, 6.45) is 3.38. The molecular weight excluding hydrogens is 336 g/mol. The molecule has 1 aliphatic rings. The minimum absolute atomic E-state index is 0.111. The maximum atomic E-state index is 11.2. The molecule has 3 aromatic rings. The number of nitrogens with zero attached hydrogens (tertiary/aromatic N) is 3. The van der Waals surface area contributed by atoms with E-state index in [4.69, 9.17) is 0 Å². The maximum Gasteiger partial charge on any atom is 0.365 e. The largest absolute Gasteiger partial charge is 0.476 e. The van der Waals surface area contributed by atoms with E-state index in [2.05, 4.69) is 26.3 Å². The lowest BCUT2D eigenvalue weighted by atomic mass is 10.00. The minimum Gasteiger partial charge on any atom is -0.476 e. The first-order chi connectivity index (χ1) is 12.0. The van der Waals surface area contributed by atoms with Crippen LogP contribution in [0.5, 0.6) is 0 Å². The van der Waals surface area contributed by atoms with E-state index in [-0.39, 0.29) is 5.01 Å². The van der Waals surface area contributed by atoms with Gasteiger partial charge in [-0.3, -0.25) is 0 Å². The molecule has 4 rings (SSSR count). The van der Waals surface area contributed by atoms with Crippen LogP contribution in [0.3, 0.4) is 0 Å². The molecule has 0 radical (unpaired) electrons. The Hall–Kier alpha value is -2.80. The summed E-state index contributed by atoms with van der Waals surface area (Å²) in [5.74, 6) is -0.509. The van der Waals surface area contributed by atoms with Gasteiger partial charge in [0.15, 0.2) is 0 Å². The average Bonchev–Trinajstić information content (AvgIpc) is 2.99. The van der Waals surface area contributed by atoms with Crippen LogP contribution in [0, 0.1) is 13.8 Å². The third-order valence-electron chi connectivity index (χ3n) is 4.07. The minimum atomic E-state index is -0.997. The quantitative estimate of drug-likeness (QED) is 0.746. The molecule has 1 aromatic carbocycles. The molecular formula is C18H16N4O2S. The Labute approximate surface area is 148 Å². The number of fused-ring (bicyclic) bond motifs is 3. The molecule has 0 aliphatic heterocycles. The van der Waals surface area contributed by atoms with Gasteiger partial charge in [0.1, 0.15) is 5.69 Å². The predicted molar refractivity (Wildman–Crippen MR) is 96.7 cm³/mol. The summed E-state index contributed by atoms with van der Waals surface area (Å²) in [6.45, 7) is 4.09. The van der Waals surface area contributed by atoms with E-state index in [1.54, 1.807) is 6.20 Å². The average molecular weight is 352 g/mol. The third-order valence-corrected chi connectivity index (χ3v) is 5.17. The highest BCUT2D eigenvalue weighted by atomic mass is 32.1. The number of hydrogen-bond acceptors (Lipinski definition) is 6. The number of aromatic carboxylic acids is 1. The summed E-state index contributed by atoms with van der Waals surface area (Å²) in [6, 6.07) is 6.17. The van der Waals surface area contributed by atoms with E-state index in [1.165, 1.54) is 11.3 Å². The molecule has 2 N–H and O–H groups in total. The number of thiazole rings is 1. The van der Waals surface area contributed by atoms with Crippen LogP contribution in [0.25, 0.3) is 11.4 Å². The van der Waals surface area contributed by atoms with Gasteiger partial charge in [-0.15, -0.1) is 11.3 Å². The summed E-state index contributed by atoms with van der Waals surface area (Å²) in [4.78, 5) is 25.5. The Morgan fingerprint density at radius 1 is 1.12 bits per heavy atom. The topological polar surface area (TPSA) is 88.0 Å². The molecule has 0 spiro atoms. The second-order valence-corrected chi connectivity index (χ2v) is 7.25. The molecule has 1 aliphatic carbocycles. The monoisotopic (exact) mass is 352 g/mol. The SMILES string of the molecule is Cc1cc(C)cc(Nc2ncc3c(n2)-c2nc(C(=O)O)sc2CC3)c1. The Morgan fingerprint density at radius 2 is 1.88 bits per heavy atom. The van der Waals surface area contributed by atoms with Crippen molar-refractivity contribution < 1.29 is 9.90 Å².